The number of carboxylic acids is 1. The van der Waals surface area contributed by atoms with Crippen LogP contribution in [0.4, 0.5) is 70.2 Å². The van der Waals surface area contributed by atoms with Gasteiger partial charge in [-0.3, -0.25) is 0 Å². The third-order valence-electron chi connectivity index (χ3n) is 3.36. The summed E-state index contributed by atoms with van der Waals surface area (Å²) in [6.45, 7) is 1.84. The minimum Gasteiger partial charge on any atom is -0.546 e. The summed E-state index contributed by atoms with van der Waals surface area (Å²) in [7, 11) is 0. The molecule has 0 aliphatic heterocycles. The Balaban J connectivity index is 6.89. The lowest BCUT2D eigenvalue weighted by atomic mass is 9.84. The van der Waals surface area contributed by atoms with Crippen LogP contribution < -0.4 is 5.11 Å². The molecule has 0 heterocycles. The molecule has 0 rings (SSSR count). The predicted molar refractivity (Wildman–Crippen MR) is 54.8 cm³/mol. The summed E-state index contributed by atoms with van der Waals surface area (Å²) >= 11 is 0. The van der Waals surface area contributed by atoms with Gasteiger partial charge in [0.2, 0.25) is 5.67 Å². The second kappa shape index (κ2) is 6.55. The summed E-state index contributed by atoms with van der Waals surface area (Å²) in [6.07, 6.45) is -9.21. The summed E-state index contributed by atoms with van der Waals surface area (Å²) in [5.74, 6) is -54.0. The van der Waals surface area contributed by atoms with Gasteiger partial charge in [0.05, 0.1) is 5.97 Å². The largest absolute Gasteiger partial charge is 0.546 e. The topological polar surface area (TPSA) is 40.1 Å². The minimum absolute atomic E-state index is 1.42. The summed E-state index contributed by atoms with van der Waals surface area (Å²) in [4.78, 5) is 10.2. The zero-order valence-electron chi connectivity index (χ0n) is 12.6. The van der Waals surface area contributed by atoms with Gasteiger partial charge in [-0.25, -0.2) is 4.39 Å². The van der Waals surface area contributed by atoms with Gasteiger partial charge in [0.25, 0.3) is 0 Å². The highest BCUT2D eigenvalue weighted by atomic mass is 19.4. The molecule has 29 heavy (non-hydrogen) atoms. The van der Waals surface area contributed by atoms with E-state index in [0.29, 0.717) is 0 Å². The summed E-state index contributed by atoms with van der Waals surface area (Å²) in [6, 6.07) is 0. The minimum atomic E-state index is -8.65. The molecule has 1 atom stereocenters. The molecular formula is C11H3F16O2-. The molecule has 0 aromatic heterocycles. The van der Waals surface area contributed by atoms with Gasteiger partial charge >= 0.3 is 41.7 Å². The van der Waals surface area contributed by atoms with Gasteiger partial charge in [0.1, 0.15) is 0 Å². The number of carboxylic acid groups (broad SMARTS) is 1. The van der Waals surface area contributed by atoms with Crippen molar-refractivity contribution in [2.24, 2.45) is 0 Å². The van der Waals surface area contributed by atoms with E-state index < -0.39 is 59.4 Å². The van der Waals surface area contributed by atoms with Crippen molar-refractivity contribution in [2.45, 2.75) is 47.4 Å². The van der Waals surface area contributed by atoms with Crippen LogP contribution in [0.15, 0.2) is 12.7 Å². The molecule has 0 amide bonds. The fourth-order valence-corrected chi connectivity index (χ4v) is 1.53. The molecule has 0 N–H and O–H groups in total. The molecule has 0 spiro atoms. The fourth-order valence-electron chi connectivity index (χ4n) is 1.53. The van der Waals surface area contributed by atoms with E-state index in [1.165, 1.54) is 0 Å². The molecular weight excluding hydrogens is 468 g/mol. The molecule has 2 nitrogen and oxygen atoms in total. The van der Waals surface area contributed by atoms with Crippen LogP contribution in [0, 0.1) is 0 Å². The Morgan fingerprint density at radius 2 is 0.793 bits per heavy atom. The third kappa shape index (κ3) is 3.08. The molecule has 0 radical (unpaired) electrons. The van der Waals surface area contributed by atoms with Gasteiger partial charge in [0, 0.05) is 0 Å². The van der Waals surface area contributed by atoms with Gasteiger partial charge in [-0.2, -0.15) is 65.9 Å². The fraction of sp³-hybridized carbons (Fsp3) is 0.727. The first-order valence-corrected chi connectivity index (χ1v) is 6.13. The van der Waals surface area contributed by atoms with Gasteiger partial charge in [-0.15, -0.1) is 0 Å². The van der Waals surface area contributed by atoms with Gasteiger partial charge < -0.3 is 9.90 Å². The monoisotopic (exact) mass is 471 g/mol. The van der Waals surface area contributed by atoms with Crippen molar-refractivity contribution in [1.29, 1.82) is 0 Å². The van der Waals surface area contributed by atoms with E-state index in [4.69, 9.17) is 0 Å². The molecule has 0 aromatic carbocycles. The average molecular weight is 471 g/mol. The molecule has 0 aliphatic rings. The van der Waals surface area contributed by atoms with Crippen molar-refractivity contribution >= 4 is 5.97 Å². The second-order valence-electron chi connectivity index (χ2n) is 5.15. The number of rotatable bonds is 8. The summed E-state index contributed by atoms with van der Waals surface area (Å²) in [5.41, 5.74) is -6.20. The lowest BCUT2D eigenvalue weighted by molar-refractivity contribution is -0.457. The first kappa shape index (κ1) is 27.1. The zero-order chi connectivity index (χ0) is 24.3. The van der Waals surface area contributed by atoms with Gasteiger partial charge in [0.15, 0.2) is 0 Å². The maximum absolute atomic E-state index is 13.5. The zero-order valence-corrected chi connectivity index (χ0v) is 12.6. The lowest BCUT2D eigenvalue weighted by Crippen LogP contribution is -2.76. The molecule has 0 fully saturated rings. The molecule has 0 saturated heterocycles. The van der Waals surface area contributed by atoms with E-state index in [0.717, 1.165) is 0 Å². The van der Waals surface area contributed by atoms with E-state index in [1.54, 1.807) is 0 Å². The first-order chi connectivity index (χ1) is 12.3. The molecule has 0 saturated carbocycles. The smallest absolute Gasteiger partial charge is 0.460 e. The quantitative estimate of drug-likeness (QED) is 0.397. The Bertz CT molecular complexity index is 662. The van der Waals surface area contributed by atoms with Crippen molar-refractivity contribution in [1.82, 2.24) is 0 Å². The van der Waals surface area contributed by atoms with Crippen LogP contribution in [0.2, 0.25) is 0 Å². The number of carbonyl (C=O) groups excluding carboxylic acids is 1. The van der Waals surface area contributed by atoms with Crippen LogP contribution in [0.5, 0.6) is 0 Å². The van der Waals surface area contributed by atoms with Gasteiger partial charge in [-0.1, -0.05) is 6.58 Å². The molecule has 0 aromatic rings. The van der Waals surface area contributed by atoms with Crippen molar-refractivity contribution in [2.75, 3.05) is 0 Å². The highest BCUT2D eigenvalue weighted by Crippen LogP contribution is 2.63. The number of hydrogen-bond acceptors (Lipinski definition) is 2. The number of carbonyl (C=O) groups is 1. The van der Waals surface area contributed by atoms with Crippen LogP contribution in [0.3, 0.4) is 0 Å². The maximum Gasteiger partial charge on any atom is 0.460 e. The number of alkyl halides is 16. The van der Waals surface area contributed by atoms with Crippen LogP contribution >= 0.6 is 0 Å². The Morgan fingerprint density at radius 1 is 0.552 bits per heavy atom. The predicted octanol–water partition coefficient (Wildman–Crippen LogP) is 4.00. The van der Waals surface area contributed by atoms with E-state index in [-0.39, 0.29) is 0 Å². The Kier molecular flexibility index (Phi) is 6.11. The van der Waals surface area contributed by atoms with E-state index in [1.807, 2.05) is 6.58 Å². The summed E-state index contributed by atoms with van der Waals surface area (Å²) < 4.78 is 206. The van der Waals surface area contributed by atoms with E-state index in [2.05, 4.69) is 0 Å². The SMILES string of the molecule is C=CC(F)(C(=O)[O-])C(F)(F)C(F)(F)C(F)(F)C(F)(F)C(F)(F)C(F)(F)C(F)(F)F. The Morgan fingerprint density at radius 3 is 1.00 bits per heavy atom. The first-order valence-electron chi connectivity index (χ1n) is 6.13. The molecule has 172 valence electrons. The van der Waals surface area contributed by atoms with Crippen LogP contribution in [-0.2, 0) is 4.79 Å². The average Bonchev–Trinajstić information content (AvgIpc) is 2.51. The third-order valence-corrected chi connectivity index (χ3v) is 3.36. The van der Waals surface area contributed by atoms with Crippen LogP contribution in [0.25, 0.3) is 0 Å². The Labute approximate surface area is 147 Å². The molecule has 0 bridgehead atoms. The lowest BCUT2D eigenvalue weighted by Gasteiger charge is -2.44. The summed E-state index contributed by atoms with van der Waals surface area (Å²) in [5, 5.41) is 10.2. The highest BCUT2D eigenvalue weighted by molar-refractivity contribution is 5.79. The maximum atomic E-state index is 13.5. The van der Waals surface area contributed by atoms with Crippen LogP contribution in [-0.4, -0.2) is 53.3 Å². The second-order valence-corrected chi connectivity index (χ2v) is 5.15. The molecule has 1 unspecified atom stereocenters. The normalized spacial score (nSPS) is 17.7. The van der Waals surface area contributed by atoms with Crippen LogP contribution in [0.1, 0.15) is 0 Å². The number of hydrogen-bond donors (Lipinski definition) is 0. The number of halogens is 16. The van der Waals surface area contributed by atoms with E-state index in [9.17, 15) is 80.1 Å². The Hall–Kier alpha value is -1.91. The molecule has 18 heteroatoms. The van der Waals surface area contributed by atoms with Crippen molar-refractivity contribution < 1.29 is 80.1 Å². The van der Waals surface area contributed by atoms with E-state index >= 15 is 0 Å². The van der Waals surface area contributed by atoms with Gasteiger partial charge in [-0.05, 0) is 6.08 Å². The highest BCUT2D eigenvalue weighted by Gasteiger charge is 2.94. The molecule has 0 aliphatic carbocycles. The number of aliphatic carboxylic acids is 1. The van der Waals surface area contributed by atoms with Crippen molar-refractivity contribution in [3.05, 3.63) is 12.7 Å². The van der Waals surface area contributed by atoms with Crippen molar-refractivity contribution in [3.8, 4) is 0 Å². The standard InChI is InChI=1S/C11H4F16O2/c1-2-4(12,3(28)29)5(13,14)6(15,16)7(17,18)8(19,20)9(21,22)10(23,24)11(25,26)27/h2H,1H2,(H,28,29)/p-1. The van der Waals surface area contributed by atoms with Crippen molar-refractivity contribution in [3.63, 3.8) is 0 Å².